The minimum Gasteiger partial charge on any atom is -0.274 e. The summed E-state index contributed by atoms with van der Waals surface area (Å²) in [6.45, 7) is 4.03. The molecule has 6 nitrogen and oxygen atoms in total. The first-order valence-corrected chi connectivity index (χ1v) is 8.75. The molecular formula is C16H16ClN5OS. The van der Waals surface area contributed by atoms with Crippen LogP contribution < -0.4 is 4.72 Å². The number of rotatable bonds is 4. The van der Waals surface area contributed by atoms with E-state index in [0.29, 0.717) is 10.6 Å². The Morgan fingerprint density at radius 3 is 2.54 bits per heavy atom. The molecule has 0 fully saturated rings. The van der Waals surface area contributed by atoms with Crippen molar-refractivity contribution in [3.8, 4) is 11.3 Å². The molecule has 24 heavy (non-hydrogen) atoms. The Hall–Kier alpha value is -2.25. The Morgan fingerprint density at radius 1 is 1.21 bits per heavy atom. The van der Waals surface area contributed by atoms with Crippen LogP contribution >= 0.6 is 11.6 Å². The summed E-state index contributed by atoms with van der Waals surface area (Å²) in [7, 11) is 0.245. The van der Waals surface area contributed by atoms with Crippen molar-refractivity contribution >= 4 is 28.5 Å². The molecule has 0 spiro atoms. The molecule has 124 valence electrons. The van der Waals surface area contributed by atoms with Crippen LogP contribution in [0.5, 0.6) is 0 Å². The van der Waals surface area contributed by atoms with Crippen molar-refractivity contribution in [2.45, 2.75) is 18.7 Å². The second-order valence-electron chi connectivity index (χ2n) is 5.39. The van der Waals surface area contributed by atoms with E-state index in [-0.39, 0.29) is 11.1 Å². The van der Waals surface area contributed by atoms with Gasteiger partial charge in [-0.25, -0.2) is 14.2 Å². The number of anilines is 1. The molecule has 0 aliphatic rings. The van der Waals surface area contributed by atoms with Gasteiger partial charge >= 0.3 is 0 Å². The summed E-state index contributed by atoms with van der Waals surface area (Å²) in [6, 6.07) is 7.72. The minimum atomic E-state index is -1.51. The predicted octanol–water partition coefficient (Wildman–Crippen LogP) is 3.28. The van der Waals surface area contributed by atoms with E-state index in [0.717, 1.165) is 16.7 Å². The highest BCUT2D eigenvalue weighted by Crippen LogP contribution is 2.28. The normalized spacial score (nSPS) is 12.2. The molecule has 0 saturated carbocycles. The summed E-state index contributed by atoms with van der Waals surface area (Å²) in [5.74, 6) is 0.210. The SMILES string of the molecule is Cc1cccc(C)c1-c1cc(Cl)nc(NS(=O)c2cnn(C)c2)n1. The predicted molar refractivity (Wildman–Crippen MR) is 95.2 cm³/mol. The maximum absolute atomic E-state index is 12.3. The zero-order valence-electron chi connectivity index (χ0n) is 13.4. The highest BCUT2D eigenvalue weighted by atomic mass is 35.5. The van der Waals surface area contributed by atoms with Crippen LogP contribution in [0.3, 0.4) is 0 Å². The van der Waals surface area contributed by atoms with Gasteiger partial charge in [-0.15, -0.1) is 0 Å². The molecule has 0 aliphatic carbocycles. The third-order valence-electron chi connectivity index (χ3n) is 3.51. The Morgan fingerprint density at radius 2 is 1.92 bits per heavy atom. The fourth-order valence-electron chi connectivity index (χ4n) is 2.45. The maximum atomic E-state index is 12.3. The highest BCUT2D eigenvalue weighted by molar-refractivity contribution is 7.86. The summed E-state index contributed by atoms with van der Waals surface area (Å²) in [5.41, 5.74) is 3.86. The quantitative estimate of drug-likeness (QED) is 0.724. The van der Waals surface area contributed by atoms with Crippen molar-refractivity contribution < 1.29 is 4.21 Å². The summed E-state index contributed by atoms with van der Waals surface area (Å²) in [5, 5.41) is 4.29. The Kier molecular flexibility index (Phi) is 4.64. The number of nitrogens with zero attached hydrogens (tertiary/aromatic N) is 4. The highest BCUT2D eigenvalue weighted by Gasteiger charge is 2.13. The summed E-state index contributed by atoms with van der Waals surface area (Å²) < 4.78 is 16.7. The van der Waals surface area contributed by atoms with E-state index in [1.54, 1.807) is 24.0 Å². The molecule has 0 radical (unpaired) electrons. The lowest BCUT2D eigenvalue weighted by Crippen LogP contribution is -2.08. The summed E-state index contributed by atoms with van der Waals surface area (Å²) in [4.78, 5) is 9.12. The van der Waals surface area contributed by atoms with Gasteiger partial charge in [-0.2, -0.15) is 5.10 Å². The number of hydrogen-bond donors (Lipinski definition) is 1. The molecule has 2 heterocycles. The van der Waals surface area contributed by atoms with Crippen molar-refractivity contribution in [3.05, 3.63) is 52.9 Å². The molecule has 1 atom stereocenters. The van der Waals surface area contributed by atoms with E-state index in [2.05, 4.69) is 19.8 Å². The number of benzene rings is 1. The zero-order chi connectivity index (χ0) is 17.3. The molecule has 1 unspecified atom stereocenters. The van der Waals surface area contributed by atoms with E-state index in [1.807, 2.05) is 32.0 Å². The maximum Gasteiger partial charge on any atom is 0.236 e. The molecule has 1 aromatic carbocycles. The van der Waals surface area contributed by atoms with Crippen LogP contribution in [0.25, 0.3) is 11.3 Å². The first kappa shape index (κ1) is 16.6. The first-order chi connectivity index (χ1) is 11.4. The third-order valence-corrected chi connectivity index (χ3v) is 4.71. The van der Waals surface area contributed by atoms with Crippen LogP contribution in [0.4, 0.5) is 5.95 Å². The Balaban J connectivity index is 1.96. The van der Waals surface area contributed by atoms with Crippen molar-refractivity contribution in [2.24, 2.45) is 7.05 Å². The van der Waals surface area contributed by atoms with Gasteiger partial charge in [0.25, 0.3) is 0 Å². The Labute approximate surface area is 147 Å². The lowest BCUT2D eigenvalue weighted by atomic mass is 10.00. The molecule has 0 aliphatic heterocycles. The third kappa shape index (κ3) is 3.47. The van der Waals surface area contributed by atoms with Gasteiger partial charge in [0.2, 0.25) is 5.95 Å². The fraction of sp³-hybridized carbons (Fsp3) is 0.188. The van der Waals surface area contributed by atoms with Crippen molar-refractivity contribution in [3.63, 3.8) is 0 Å². The van der Waals surface area contributed by atoms with E-state index >= 15 is 0 Å². The first-order valence-electron chi connectivity index (χ1n) is 7.22. The van der Waals surface area contributed by atoms with Gasteiger partial charge in [-0.1, -0.05) is 29.8 Å². The standard InChI is InChI=1S/C16H16ClN5OS/c1-10-5-4-6-11(2)15(10)13-7-14(17)20-16(19-13)21-24(23)12-8-18-22(3)9-12/h4-9H,1-3H3,(H,19,20,21). The van der Waals surface area contributed by atoms with Crippen LogP contribution in [0, 0.1) is 13.8 Å². The zero-order valence-corrected chi connectivity index (χ0v) is 15.0. The van der Waals surface area contributed by atoms with E-state index in [4.69, 9.17) is 11.6 Å². The Bertz CT molecular complexity index is 904. The van der Waals surface area contributed by atoms with Gasteiger partial charge in [0.05, 0.1) is 16.8 Å². The summed E-state index contributed by atoms with van der Waals surface area (Å²) in [6.07, 6.45) is 3.19. The van der Waals surface area contributed by atoms with Crippen molar-refractivity contribution in [2.75, 3.05) is 4.72 Å². The number of nitrogens with one attached hydrogen (secondary N) is 1. The second-order valence-corrected chi connectivity index (χ2v) is 6.99. The minimum absolute atomic E-state index is 0.210. The molecular weight excluding hydrogens is 346 g/mol. The average Bonchev–Trinajstić information content (AvgIpc) is 2.93. The van der Waals surface area contributed by atoms with E-state index in [1.165, 1.54) is 6.20 Å². The topological polar surface area (TPSA) is 72.7 Å². The smallest absolute Gasteiger partial charge is 0.236 e. The number of aromatic nitrogens is 4. The fourth-order valence-corrected chi connectivity index (χ4v) is 3.40. The molecule has 1 N–H and O–H groups in total. The molecule has 0 saturated heterocycles. The molecule has 8 heteroatoms. The summed E-state index contributed by atoms with van der Waals surface area (Å²) >= 11 is 6.13. The van der Waals surface area contributed by atoms with Crippen LogP contribution in [-0.2, 0) is 18.0 Å². The monoisotopic (exact) mass is 361 g/mol. The lowest BCUT2D eigenvalue weighted by Gasteiger charge is -2.11. The number of hydrogen-bond acceptors (Lipinski definition) is 4. The van der Waals surface area contributed by atoms with Crippen LogP contribution in [0.15, 0.2) is 41.6 Å². The van der Waals surface area contributed by atoms with Crippen LogP contribution in [-0.4, -0.2) is 24.0 Å². The largest absolute Gasteiger partial charge is 0.274 e. The van der Waals surface area contributed by atoms with Gasteiger partial charge in [0.15, 0.2) is 11.0 Å². The van der Waals surface area contributed by atoms with Crippen molar-refractivity contribution in [1.82, 2.24) is 19.7 Å². The lowest BCUT2D eigenvalue weighted by molar-refractivity contribution is 0.685. The number of halogens is 1. The van der Waals surface area contributed by atoms with Gasteiger partial charge in [0, 0.05) is 24.9 Å². The molecule has 3 aromatic rings. The van der Waals surface area contributed by atoms with Crippen LogP contribution in [0.1, 0.15) is 11.1 Å². The van der Waals surface area contributed by atoms with Gasteiger partial charge in [0.1, 0.15) is 5.15 Å². The molecule has 0 bridgehead atoms. The average molecular weight is 362 g/mol. The van der Waals surface area contributed by atoms with Gasteiger partial charge < -0.3 is 0 Å². The van der Waals surface area contributed by atoms with Crippen LogP contribution in [0.2, 0.25) is 5.15 Å². The van der Waals surface area contributed by atoms with E-state index < -0.39 is 11.0 Å². The number of aryl methyl sites for hydroxylation is 3. The molecule has 3 rings (SSSR count). The second kappa shape index (κ2) is 6.70. The molecule has 2 aromatic heterocycles. The van der Waals surface area contributed by atoms with Gasteiger partial charge in [-0.05, 0) is 25.0 Å². The molecule has 0 amide bonds. The van der Waals surface area contributed by atoms with Crippen molar-refractivity contribution in [1.29, 1.82) is 0 Å². The van der Waals surface area contributed by atoms with E-state index in [9.17, 15) is 4.21 Å². The van der Waals surface area contributed by atoms with Gasteiger partial charge in [-0.3, -0.25) is 9.40 Å².